The molecule has 0 spiro atoms. The number of aliphatic hydroxyl groups is 5. The van der Waals surface area contributed by atoms with Crippen LogP contribution in [-0.4, -0.2) is 43.8 Å². The monoisotopic (exact) mass is 232 g/mol. The van der Waals surface area contributed by atoms with Crippen molar-refractivity contribution in [3.05, 3.63) is 22.7 Å². The molecule has 5 nitrogen and oxygen atoms in total. The molecule has 0 saturated carbocycles. The summed E-state index contributed by atoms with van der Waals surface area (Å²) in [5, 5.41) is 47.3. The Balaban J connectivity index is 4.89. The average molecular weight is 232 g/mol. The molecule has 0 amide bonds. The van der Waals surface area contributed by atoms with Crippen molar-refractivity contribution in [3.8, 4) is 0 Å². The van der Waals surface area contributed by atoms with Crippen LogP contribution in [0.15, 0.2) is 22.7 Å². The molecule has 5 heteroatoms. The third-order valence-electron chi connectivity index (χ3n) is 2.23. The van der Waals surface area contributed by atoms with E-state index in [0.717, 1.165) is 0 Å². The predicted octanol–water partition coefficient (Wildman–Crippen LogP) is 0.773. The zero-order valence-corrected chi connectivity index (χ0v) is 9.97. The smallest absolute Gasteiger partial charge is 0.139 e. The van der Waals surface area contributed by atoms with Crippen LogP contribution in [0.25, 0.3) is 0 Å². The normalized spacial score (nSPS) is 16.2. The highest BCUT2D eigenvalue weighted by Crippen LogP contribution is 2.16. The van der Waals surface area contributed by atoms with Crippen molar-refractivity contribution in [2.75, 3.05) is 0 Å². The van der Waals surface area contributed by atoms with Gasteiger partial charge in [-0.3, -0.25) is 0 Å². The van der Waals surface area contributed by atoms with E-state index in [-0.39, 0.29) is 0 Å². The Morgan fingerprint density at radius 3 is 1.12 bits per heavy atom. The van der Waals surface area contributed by atoms with Gasteiger partial charge in [0.25, 0.3) is 0 Å². The lowest BCUT2D eigenvalue weighted by Gasteiger charge is -2.23. The van der Waals surface area contributed by atoms with Gasteiger partial charge in [0.2, 0.25) is 0 Å². The van der Waals surface area contributed by atoms with E-state index in [0.29, 0.717) is 11.1 Å². The Kier molecular flexibility index (Phi) is 5.50. The van der Waals surface area contributed by atoms with E-state index in [1.54, 1.807) is 27.7 Å². The molecule has 0 aliphatic rings. The summed E-state index contributed by atoms with van der Waals surface area (Å²) in [6.07, 6.45) is -4.92. The van der Waals surface area contributed by atoms with Gasteiger partial charge < -0.3 is 25.5 Å². The minimum absolute atomic E-state index is 0.409. The first-order valence-electron chi connectivity index (χ1n) is 4.97. The first kappa shape index (κ1) is 15.0. The van der Waals surface area contributed by atoms with Crippen molar-refractivity contribution < 1.29 is 25.5 Å². The molecular formula is C11H20O5. The van der Waals surface area contributed by atoms with Gasteiger partial charge in [-0.15, -0.1) is 0 Å². The van der Waals surface area contributed by atoms with Crippen LogP contribution in [0.5, 0.6) is 0 Å². The van der Waals surface area contributed by atoms with Crippen molar-refractivity contribution in [3.63, 3.8) is 0 Å². The number of hydrogen-bond acceptors (Lipinski definition) is 5. The molecule has 5 N–H and O–H groups in total. The maximum atomic E-state index is 9.54. The highest BCUT2D eigenvalue weighted by molar-refractivity contribution is 5.14. The summed E-state index contributed by atoms with van der Waals surface area (Å²) in [5.41, 5.74) is 0.853. The number of hydrogen-bond donors (Lipinski definition) is 5. The Morgan fingerprint density at radius 2 is 0.938 bits per heavy atom. The molecule has 3 atom stereocenters. The van der Waals surface area contributed by atoms with Gasteiger partial charge in [0, 0.05) is 0 Å². The summed E-state index contributed by atoms with van der Waals surface area (Å²) in [7, 11) is 0. The van der Waals surface area contributed by atoms with Crippen LogP contribution < -0.4 is 0 Å². The minimum Gasteiger partial charge on any atom is -0.510 e. The van der Waals surface area contributed by atoms with E-state index < -0.39 is 29.8 Å². The number of aliphatic hydroxyl groups excluding tert-OH is 5. The molecule has 0 bridgehead atoms. The van der Waals surface area contributed by atoms with Gasteiger partial charge in [-0.25, -0.2) is 0 Å². The Labute approximate surface area is 95.0 Å². The van der Waals surface area contributed by atoms with Gasteiger partial charge in [0.05, 0.1) is 0 Å². The first-order valence-corrected chi connectivity index (χ1v) is 4.97. The second kappa shape index (κ2) is 5.89. The van der Waals surface area contributed by atoms with E-state index in [9.17, 15) is 25.5 Å². The van der Waals surface area contributed by atoms with Gasteiger partial charge in [0.15, 0.2) is 0 Å². The molecule has 0 fully saturated rings. The fraction of sp³-hybridized carbons (Fsp3) is 0.636. The molecule has 94 valence electrons. The van der Waals surface area contributed by atoms with Crippen LogP contribution in [0.2, 0.25) is 0 Å². The molecule has 0 rings (SSSR count). The summed E-state index contributed by atoms with van der Waals surface area (Å²) in [5.74, 6) is -0.818. The van der Waals surface area contributed by atoms with E-state index in [2.05, 4.69) is 0 Å². The molecule has 0 aliphatic heterocycles. The van der Waals surface area contributed by atoms with Gasteiger partial charge in [0.1, 0.15) is 29.8 Å². The molecule has 0 unspecified atom stereocenters. The SMILES string of the molecule is CC(C)=C(O)[C@@H](O)[C@@H](O)[C@@H](O)C(O)=C(C)C. The summed E-state index contributed by atoms with van der Waals surface area (Å²) >= 11 is 0. The van der Waals surface area contributed by atoms with Crippen molar-refractivity contribution >= 4 is 0 Å². The number of rotatable bonds is 4. The highest BCUT2D eigenvalue weighted by atomic mass is 16.4. The Hall–Kier alpha value is -1.04. The zero-order valence-electron chi connectivity index (χ0n) is 9.97. The van der Waals surface area contributed by atoms with Crippen molar-refractivity contribution in [2.45, 2.75) is 46.0 Å². The Bertz CT molecular complexity index is 267. The molecular weight excluding hydrogens is 212 g/mol. The van der Waals surface area contributed by atoms with E-state index >= 15 is 0 Å². The van der Waals surface area contributed by atoms with Gasteiger partial charge in [-0.05, 0) is 38.8 Å². The fourth-order valence-electron chi connectivity index (χ4n) is 1.09. The van der Waals surface area contributed by atoms with Crippen molar-refractivity contribution in [1.82, 2.24) is 0 Å². The quantitative estimate of drug-likeness (QED) is 0.461. The highest BCUT2D eigenvalue weighted by Gasteiger charge is 2.30. The first-order chi connectivity index (χ1) is 7.20. The maximum Gasteiger partial charge on any atom is 0.139 e. The van der Waals surface area contributed by atoms with Crippen LogP contribution in [0.1, 0.15) is 27.7 Å². The van der Waals surface area contributed by atoms with Crippen LogP contribution in [0, 0.1) is 0 Å². The molecule has 0 aromatic rings. The minimum atomic E-state index is -1.68. The Morgan fingerprint density at radius 1 is 0.688 bits per heavy atom. The van der Waals surface area contributed by atoms with E-state index in [1.165, 1.54) is 0 Å². The second-order valence-electron chi connectivity index (χ2n) is 4.15. The molecule has 0 heterocycles. The topological polar surface area (TPSA) is 101 Å². The third kappa shape index (κ3) is 3.52. The predicted molar refractivity (Wildman–Crippen MR) is 60.0 cm³/mol. The van der Waals surface area contributed by atoms with Crippen LogP contribution in [-0.2, 0) is 0 Å². The largest absolute Gasteiger partial charge is 0.510 e. The summed E-state index contributed by atoms with van der Waals surface area (Å²) in [4.78, 5) is 0. The summed E-state index contributed by atoms with van der Waals surface area (Å²) in [6, 6.07) is 0. The van der Waals surface area contributed by atoms with Crippen LogP contribution in [0.3, 0.4) is 0 Å². The number of allylic oxidation sites excluding steroid dienone is 2. The van der Waals surface area contributed by atoms with Crippen molar-refractivity contribution in [1.29, 1.82) is 0 Å². The van der Waals surface area contributed by atoms with Gasteiger partial charge in [-0.2, -0.15) is 0 Å². The standard InChI is InChI=1S/C11H20O5/c1-5(2)7(12)9(14)11(16)10(15)8(13)6(3)4/h9-16H,1-4H3/t9-,10+,11-. The molecule has 0 radical (unpaired) electrons. The lowest BCUT2D eigenvalue weighted by atomic mass is 10.0. The van der Waals surface area contributed by atoms with Gasteiger partial charge in [-0.1, -0.05) is 0 Å². The lowest BCUT2D eigenvalue weighted by molar-refractivity contribution is -0.0564. The van der Waals surface area contributed by atoms with Crippen LogP contribution in [0.4, 0.5) is 0 Å². The second-order valence-corrected chi connectivity index (χ2v) is 4.15. The molecule has 0 aromatic carbocycles. The zero-order chi connectivity index (χ0) is 13.0. The average Bonchev–Trinajstić information content (AvgIpc) is 2.23. The summed E-state index contributed by atoms with van der Waals surface area (Å²) < 4.78 is 0. The van der Waals surface area contributed by atoms with Gasteiger partial charge >= 0.3 is 0 Å². The summed E-state index contributed by atoms with van der Waals surface area (Å²) in [6.45, 7) is 6.22. The fourth-order valence-corrected chi connectivity index (χ4v) is 1.09. The van der Waals surface area contributed by atoms with E-state index in [1.807, 2.05) is 0 Å². The molecule has 0 aromatic heterocycles. The van der Waals surface area contributed by atoms with Crippen LogP contribution >= 0.6 is 0 Å². The van der Waals surface area contributed by atoms with E-state index in [4.69, 9.17) is 0 Å². The third-order valence-corrected chi connectivity index (χ3v) is 2.23. The molecule has 0 aliphatic carbocycles. The van der Waals surface area contributed by atoms with Crippen molar-refractivity contribution in [2.24, 2.45) is 0 Å². The molecule has 0 saturated heterocycles. The maximum absolute atomic E-state index is 9.54. The molecule has 16 heavy (non-hydrogen) atoms. The lowest BCUT2D eigenvalue weighted by Crippen LogP contribution is -2.40.